The molecule has 1 aliphatic rings. The molecule has 0 bridgehead atoms. The molecule has 1 N–H and O–H groups in total. The zero-order valence-electron chi connectivity index (χ0n) is 18.8. The number of aryl methyl sites for hydroxylation is 4. The molecule has 1 aliphatic heterocycles. The first-order valence-corrected chi connectivity index (χ1v) is 10.5. The van der Waals surface area contributed by atoms with Crippen LogP contribution in [-0.4, -0.2) is 16.7 Å². The third-order valence-corrected chi connectivity index (χ3v) is 5.71. The average Bonchev–Trinajstić information content (AvgIpc) is 3.02. The molecule has 0 spiro atoms. The van der Waals surface area contributed by atoms with Gasteiger partial charge in [-0.3, -0.25) is 19.7 Å². The standard InChI is InChI=1S/C26H23N3O4/c1-15-5-7-17(3)21(13-15)27-24-23(19-9-11-20(12-10-19)29(32)33)25(30)28(26(24)31)22-14-16(2)6-8-18(22)4/h5-14,27H,1-4H3. The smallest absolute Gasteiger partial charge is 0.282 e. The summed E-state index contributed by atoms with van der Waals surface area (Å²) >= 11 is 0. The Morgan fingerprint density at radius 2 is 1.39 bits per heavy atom. The Morgan fingerprint density at radius 1 is 0.788 bits per heavy atom. The van der Waals surface area contributed by atoms with Gasteiger partial charge in [0, 0.05) is 17.8 Å². The minimum absolute atomic E-state index is 0.0912. The van der Waals surface area contributed by atoms with Crippen molar-refractivity contribution in [1.29, 1.82) is 0 Å². The van der Waals surface area contributed by atoms with Gasteiger partial charge in [0.05, 0.1) is 16.2 Å². The molecule has 33 heavy (non-hydrogen) atoms. The number of nitrogens with one attached hydrogen (secondary N) is 1. The molecule has 0 unspecified atom stereocenters. The zero-order valence-corrected chi connectivity index (χ0v) is 18.8. The Hall–Kier alpha value is -4.26. The van der Waals surface area contributed by atoms with E-state index in [9.17, 15) is 19.7 Å². The summed E-state index contributed by atoms with van der Waals surface area (Å²) in [6.45, 7) is 7.60. The van der Waals surface area contributed by atoms with Gasteiger partial charge in [-0.1, -0.05) is 24.3 Å². The van der Waals surface area contributed by atoms with E-state index >= 15 is 0 Å². The molecular weight excluding hydrogens is 418 g/mol. The summed E-state index contributed by atoms with van der Waals surface area (Å²) in [7, 11) is 0. The first-order valence-electron chi connectivity index (χ1n) is 10.5. The Morgan fingerprint density at radius 3 is 2.03 bits per heavy atom. The minimum Gasteiger partial charge on any atom is -0.350 e. The number of nitro groups is 1. The monoisotopic (exact) mass is 441 g/mol. The molecule has 4 rings (SSSR count). The van der Waals surface area contributed by atoms with Crippen molar-refractivity contribution >= 4 is 34.4 Å². The lowest BCUT2D eigenvalue weighted by atomic mass is 10.0. The second-order valence-electron chi connectivity index (χ2n) is 8.23. The zero-order chi connectivity index (χ0) is 23.9. The Bertz CT molecular complexity index is 1340. The highest BCUT2D eigenvalue weighted by atomic mass is 16.6. The van der Waals surface area contributed by atoms with Crippen LogP contribution in [0, 0.1) is 37.8 Å². The van der Waals surface area contributed by atoms with Crippen molar-refractivity contribution in [1.82, 2.24) is 0 Å². The predicted octanol–water partition coefficient (Wildman–Crippen LogP) is 5.23. The number of hydrogen-bond acceptors (Lipinski definition) is 5. The van der Waals surface area contributed by atoms with E-state index in [0.717, 1.165) is 22.3 Å². The van der Waals surface area contributed by atoms with Gasteiger partial charge in [-0.05, 0) is 79.8 Å². The second kappa shape index (κ2) is 8.35. The quantitative estimate of drug-likeness (QED) is 0.333. The molecule has 3 aromatic carbocycles. The molecule has 2 amide bonds. The number of nitro benzene ring substituents is 1. The molecule has 0 aromatic heterocycles. The van der Waals surface area contributed by atoms with Crippen molar-refractivity contribution in [3.63, 3.8) is 0 Å². The first kappa shape index (κ1) is 22.0. The van der Waals surface area contributed by atoms with Crippen LogP contribution in [0.2, 0.25) is 0 Å². The van der Waals surface area contributed by atoms with Gasteiger partial charge in [0.15, 0.2) is 0 Å². The van der Waals surface area contributed by atoms with Gasteiger partial charge in [0.2, 0.25) is 0 Å². The second-order valence-corrected chi connectivity index (χ2v) is 8.23. The van der Waals surface area contributed by atoms with Crippen LogP contribution in [0.5, 0.6) is 0 Å². The number of carbonyl (C=O) groups excluding carboxylic acids is 2. The van der Waals surface area contributed by atoms with Crippen LogP contribution in [0.25, 0.3) is 5.57 Å². The van der Waals surface area contributed by atoms with Crippen LogP contribution >= 0.6 is 0 Å². The Balaban J connectivity index is 1.87. The number of amides is 2. The topological polar surface area (TPSA) is 92.6 Å². The average molecular weight is 441 g/mol. The van der Waals surface area contributed by atoms with E-state index in [2.05, 4.69) is 5.32 Å². The van der Waals surface area contributed by atoms with Crippen LogP contribution in [0.15, 0.2) is 66.4 Å². The maximum absolute atomic E-state index is 13.6. The van der Waals surface area contributed by atoms with E-state index in [0.29, 0.717) is 16.9 Å². The number of carbonyl (C=O) groups is 2. The fourth-order valence-electron chi connectivity index (χ4n) is 3.85. The van der Waals surface area contributed by atoms with Crippen molar-refractivity contribution < 1.29 is 14.5 Å². The summed E-state index contributed by atoms with van der Waals surface area (Å²) in [5, 5.41) is 14.3. The molecule has 0 saturated heterocycles. The summed E-state index contributed by atoms with van der Waals surface area (Å²) in [4.78, 5) is 39.0. The lowest BCUT2D eigenvalue weighted by molar-refractivity contribution is -0.384. The molecule has 0 fully saturated rings. The lowest BCUT2D eigenvalue weighted by Gasteiger charge is -2.18. The molecule has 7 nitrogen and oxygen atoms in total. The van der Waals surface area contributed by atoms with Crippen molar-refractivity contribution in [2.75, 3.05) is 10.2 Å². The SMILES string of the molecule is Cc1ccc(C)c(NC2=C(c3ccc([N+](=O)[O-])cc3)C(=O)N(c3cc(C)ccc3C)C2=O)c1. The number of rotatable bonds is 5. The number of anilines is 2. The highest BCUT2D eigenvalue weighted by molar-refractivity contribution is 6.46. The van der Waals surface area contributed by atoms with E-state index in [1.165, 1.54) is 29.2 Å². The number of benzene rings is 3. The molecular formula is C26H23N3O4. The molecule has 0 saturated carbocycles. The fourth-order valence-corrected chi connectivity index (χ4v) is 3.85. The molecule has 7 heteroatoms. The van der Waals surface area contributed by atoms with Gasteiger partial charge in [-0.25, -0.2) is 4.90 Å². The van der Waals surface area contributed by atoms with Crippen LogP contribution in [0.4, 0.5) is 17.1 Å². The van der Waals surface area contributed by atoms with Gasteiger partial charge in [0.1, 0.15) is 5.70 Å². The van der Waals surface area contributed by atoms with Crippen molar-refractivity contribution in [3.8, 4) is 0 Å². The molecule has 0 atom stereocenters. The third-order valence-electron chi connectivity index (χ3n) is 5.71. The number of imide groups is 1. The van der Waals surface area contributed by atoms with Crippen LogP contribution in [0.3, 0.4) is 0 Å². The normalized spacial score (nSPS) is 13.6. The maximum atomic E-state index is 13.6. The summed E-state index contributed by atoms with van der Waals surface area (Å²) in [5.41, 5.74) is 5.52. The highest BCUT2D eigenvalue weighted by Gasteiger charge is 2.41. The van der Waals surface area contributed by atoms with Gasteiger partial charge >= 0.3 is 0 Å². The first-order chi connectivity index (χ1) is 15.7. The van der Waals surface area contributed by atoms with Crippen molar-refractivity contribution in [2.24, 2.45) is 0 Å². The summed E-state index contributed by atoms with van der Waals surface area (Å²) in [5.74, 6) is -0.946. The van der Waals surface area contributed by atoms with E-state index in [4.69, 9.17) is 0 Å². The van der Waals surface area contributed by atoms with Gasteiger partial charge < -0.3 is 5.32 Å². The van der Waals surface area contributed by atoms with Crippen molar-refractivity contribution in [2.45, 2.75) is 27.7 Å². The molecule has 0 aliphatic carbocycles. The summed E-state index contributed by atoms with van der Waals surface area (Å²) in [6, 6.07) is 17.1. The van der Waals surface area contributed by atoms with Crippen LogP contribution < -0.4 is 10.2 Å². The third kappa shape index (κ3) is 4.01. The maximum Gasteiger partial charge on any atom is 0.282 e. The van der Waals surface area contributed by atoms with Gasteiger partial charge in [-0.2, -0.15) is 0 Å². The lowest BCUT2D eigenvalue weighted by Crippen LogP contribution is -2.33. The van der Waals surface area contributed by atoms with E-state index in [1.807, 2.05) is 58.0 Å². The van der Waals surface area contributed by atoms with Crippen LogP contribution in [-0.2, 0) is 9.59 Å². The largest absolute Gasteiger partial charge is 0.350 e. The van der Waals surface area contributed by atoms with E-state index in [1.54, 1.807) is 6.07 Å². The summed E-state index contributed by atoms with van der Waals surface area (Å²) in [6.07, 6.45) is 0. The molecule has 3 aromatic rings. The Kier molecular flexibility index (Phi) is 5.55. The number of hydrogen-bond donors (Lipinski definition) is 1. The van der Waals surface area contributed by atoms with E-state index in [-0.39, 0.29) is 17.0 Å². The van der Waals surface area contributed by atoms with Crippen LogP contribution in [0.1, 0.15) is 27.8 Å². The minimum atomic E-state index is -0.503. The van der Waals surface area contributed by atoms with E-state index < -0.39 is 16.7 Å². The Labute approximate surface area is 191 Å². The molecule has 1 heterocycles. The van der Waals surface area contributed by atoms with Gasteiger partial charge in [0.25, 0.3) is 17.5 Å². The molecule has 166 valence electrons. The summed E-state index contributed by atoms with van der Waals surface area (Å²) < 4.78 is 0. The number of nitrogens with zero attached hydrogens (tertiary/aromatic N) is 2. The molecule has 0 radical (unpaired) electrons. The predicted molar refractivity (Wildman–Crippen MR) is 128 cm³/mol. The fraction of sp³-hybridized carbons (Fsp3) is 0.154. The van der Waals surface area contributed by atoms with Gasteiger partial charge in [-0.15, -0.1) is 0 Å². The highest BCUT2D eigenvalue weighted by Crippen LogP contribution is 2.36. The van der Waals surface area contributed by atoms with Crippen molar-refractivity contribution in [3.05, 3.63) is 104 Å². The number of non-ortho nitro benzene ring substituents is 1.